The highest BCUT2D eigenvalue weighted by Crippen LogP contribution is 2.22. The SMILES string of the molecule is COc1ccccc1NC(=O)NCC(=O)NCc1ccco1. The molecular weight excluding hydrogens is 286 g/mol. The Kier molecular flexibility index (Phi) is 5.42. The summed E-state index contributed by atoms with van der Waals surface area (Å²) in [7, 11) is 1.51. The van der Waals surface area contributed by atoms with Crippen LogP contribution < -0.4 is 20.7 Å². The monoisotopic (exact) mass is 303 g/mol. The van der Waals surface area contributed by atoms with Crippen LogP contribution in [0.4, 0.5) is 10.5 Å². The summed E-state index contributed by atoms with van der Waals surface area (Å²) in [5.41, 5.74) is 0.526. The maximum Gasteiger partial charge on any atom is 0.319 e. The predicted octanol–water partition coefficient (Wildman–Crippen LogP) is 1.73. The number of carbonyl (C=O) groups excluding carboxylic acids is 2. The van der Waals surface area contributed by atoms with E-state index in [0.29, 0.717) is 17.2 Å². The second-order valence-corrected chi connectivity index (χ2v) is 4.36. The Morgan fingerprint density at radius 1 is 1.14 bits per heavy atom. The third kappa shape index (κ3) is 4.55. The molecule has 2 aromatic rings. The number of amides is 3. The van der Waals surface area contributed by atoms with Crippen molar-refractivity contribution in [2.24, 2.45) is 0 Å². The average molecular weight is 303 g/mol. The van der Waals surface area contributed by atoms with Crippen LogP contribution in [0.5, 0.6) is 5.75 Å². The Hall–Kier alpha value is -2.96. The van der Waals surface area contributed by atoms with Gasteiger partial charge in [-0.1, -0.05) is 12.1 Å². The molecule has 1 heterocycles. The molecule has 0 atom stereocenters. The van der Waals surface area contributed by atoms with Crippen LogP contribution in [-0.4, -0.2) is 25.6 Å². The molecule has 0 aliphatic carbocycles. The van der Waals surface area contributed by atoms with Crippen LogP contribution in [0.15, 0.2) is 47.1 Å². The van der Waals surface area contributed by atoms with Gasteiger partial charge in [-0.2, -0.15) is 0 Å². The fourth-order valence-electron chi connectivity index (χ4n) is 1.74. The predicted molar refractivity (Wildman–Crippen MR) is 80.6 cm³/mol. The lowest BCUT2D eigenvalue weighted by Gasteiger charge is -2.10. The van der Waals surface area contributed by atoms with E-state index in [1.165, 1.54) is 13.4 Å². The van der Waals surface area contributed by atoms with Gasteiger partial charge in [0, 0.05) is 0 Å². The van der Waals surface area contributed by atoms with Gasteiger partial charge in [-0.05, 0) is 24.3 Å². The highest BCUT2D eigenvalue weighted by atomic mass is 16.5. The molecule has 2 rings (SSSR count). The van der Waals surface area contributed by atoms with E-state index in [4.69, 9.17) is 9.15 Å². The van der Waals surface area contributed by atoms with Crippen LogP contribution >= 0.6 is 0 Å². The number of nitrogens with one attached hydrogen (secondary N) is 3. The molecule has 0 unspecified atom stereocenters. The van der Waals surface area contributed by atoms with Crippen molar-refractivity contribution in [2.45, 2.75) is 6.54 Å². The molecule has 0 radical (unpaired) electrons. The first-order valence-corrected chi connectivity index (χ1v) is 6.66. The Morgan fingerprint density at radius 3 is 2.68 bits per heavy atom. The first-order chi connectivity index (χ1) is 10.7. The Labute approximate surface area is 127 Å². The van der Waals surface area contributed by atoms with Crippen molar-refractivity contribution in [1.29, 1.82) is 0 Å². The summed E-state index contributed by atoms with van der Waals surface area (Å²) in [6, 6.07) is 10.00. The summed E-state index contributed by atoms with van der Waals surface area (Å²) in [4.78, 5) is 23.3. The van der Waals surface area contributed by atoms with Crippen LogP contribution in [0, 0.1) is 0 Å². The summed E-state index contributed by atoms with van der Waals surface area (Å²) >= 11 is 0. The van der Waals surface area contributed by atoms with Crippen molar-refractivity contribution in [3.8, 4) is 5.75 Å². The molecule has 0 spiro atoms. The molecule has 22 heavy (non-hydrogen) atoms. The van der Waals surface area contributed by atoms with Crippen molar-refractivity contribution in [3.63, 3.8) is 0 Å². The second kappa shape index (κ2) is 7.72. The normalized spacial score (nSPS) is 9.86. The van der Waals surface area contributed by atoms with Gasteiger partial charge >= 0.3 is 6.03 Å². The van der Waals surface area contributed by atoms with E-state index in [0.717, 1.165) is 0 Å². The molecule has 1 aromatic carbocycles. The molecule has 0 saturated carbocycles. The zero-order valence-corrected chi connectivity index (χ0v) is 12.1. The zero-order valence-electron chi connectivity index (χ0n) is 12.1. The number of para-hydroxylation sites is 2. The minimum atomic E-state index is -0.488. The summed E-state index contributed by atoms with van der Waals surface area (Å²) in [5, 5.41) is 7.70. The van der Waals surface area contributed by atoms with E-state index in [-0.39, 0.29) is 19.0 Å². The van der Waals surface area contributed by atoms with Crippen LogP contribution in [0.1, 0.15) is 5.76 Å². The Balaban J connectivity index is 1.74. The largest absolute Gasteiger partial charge is 0.495 e. The number of anilines is 1. The molecule has 0 fully saturated rings. The standard InChI is InChI=1S/C15H17N3O4/c1-21-13-7-3-2-6-12(13)18-15(20)17-10-14(19)16-9-11-5-4-8-22-11/h2-8H,9-10H2,1H3,(H,16,19)(H2,17,18,20). The van der Waals surface area contributed by atoms with Crippen molar-refractivity contribution in [3.05, 3.63) is 48.4 Å². The number of hydrogen-bond donors (Lipinski definition) is 3. The Bertz CT molecular complexity index is 625. The van der Waals surface area contributed by atoms with Crippen LogP contribution in [0.3, 0.4) is 0 Å². The van der Waals surface area contributed by atoms with Gasteiger partial charge in [-0.3, -0.25) is 4.79 Å². The number of hydrogen-bond acceptors (Lipinski definition) is 4. The lowest BCUT2D eigenvalue weighted by atomic mass is 10.3. The van der Waals surface area contributed by atoms with Gasteiger partial charge in [-0.25, -0.2) is 4.79 Å². The fraction of sp³-hybridized carbons (Fsp3) is 0.200. The van der Waals surface area contributed by atoms with Crippen molar-refractivity contribution in [2.75, 3.05) is 19.0 Å². The van der Waals surface area contributed by atoms with Gasteiger partial charge in [0.05, 0.1) is 32.1 Å². The van der Waals surface area contributed by atoms with Crippen molar-refractivity contribution < 1.29 is 18.7 Å². The first kappa shape index (κ1) is 15.4. The topological polar surface area (TPSA) is 92.6 Å². The quantitative estimate of drug-likeness (QED) is 0.757. The maximum atomic E-state index is 11.7. The fourth-order valence-corrected chi connectivity index (χ4v) is 1.74. The van der Waals surface area contributed by atoms with Crippen LogP contribution in [-0.2, 0) is 11.3 Å². The molecule has 116 valence electrons. The number of urea groups is 1. The van der Waals surface area contributed by atoms with E-state index in [1.54, 1.807) is 36.4 Å². The molecule has 0 aliphatic heterocycles. The van der Waals surface area contributed by atoms with Gasteiger partial charge in [0.2, 0.25) is 5.91 Å². The molecule has 0 saturated heterocycles. The molecule has 3 N–H and O–H groups in total. The number of benzene rings is 1. The number of rotatable bonds is 6. The highest BCUT2D eigenvalue weighted by Gasteiger charge is 2.08. The minimum Gasteiger partial charge on any atom is -0.495 e. The number of ether oxygens (including phenoxy) is 1. The molecule has 0 bridgehead atoms. The average Bonchev–Trinajstić information content (AvgIpc) is 3.05. The molecule has 0 aliphatic rings. The lowest BCUT2D eigenvalue weighted by molar-refractivity contribution is -0.120. The van der Waals surface area contributed by atoms with Gasteiger partial charge < -0.3 is 25.1 Å². The zero-order chi connectivity index (χ0) is 15.8. The van der Waals surface area contributed by atoms with E-state index < -0.39 is 6.03 Å². The van der Waals surface area contributed by atoms with E-state index in [2.05, 4.69) is 16.0 Å². The number of carbonyl (C=O) groups is 2. The molecule has 7 nitrogen and oxygen atoms in total. The molecule has 7 heteroatoms. The van der Waals surface area contributed by atoms with Gasteiger partial charge in [0.15, 0.2) is 0 Å². The first-order valence-electron chi connectivity index (χ1n) is 6.66. The number of furan rings is 1. The van der Waals surface area contributed by atoms with E-state index in [9.17, 15) is 9.59 Å². The summed E-state index contributed by atoms with van der Waals surface area (Å²) in [5.74, 6) is 0.873. The van der Waals surface area contributed by atoms with Crippen molar-refractivity contribution in [1.82, 2.24) is 10.6 Å². The van der Waals surface area contributed by atoms with Gasteiger partial charge in [0.25, 0.3) is 0 Å². The molecular formula is C15H17N3O4. The number of methoxy groups -OCH3 is 1. The molecule has 3 amide bonds. The van der Waals surface area contributed by atoms with E-state index >= 15 is 0 Å². The third-order valence-corrected chi connectivity index (χ3v) is 2.80. The second-order valence-electron chi connectivity index (χ2n) is 4.36. The van der Waals surface area contributed by atoms with Gasteiger partial charge in [0.1, 0.15) is 11.5 Å². The summed E-state index contributed by atoms with van der Waals surface area (Å²) in [6.45, 7) is 0.142. The maximum absolute atomic E-state index is 11.7. The smallest absolute Gasteiger partial charge is 0.319 e. The minimum absolute atomic E-state index is 0.137. The van der Waals surface area contributed by atoms with Crippen LogP contribution in [0.25, 0.3) is 0 Å². The Morgan fingerprint density at radius 2 is 1.95 bits per heavy atom. The highest BCUT2D eigenvalue weighted by molar-refractivity contribution is 5.93. The van der Waals surface area contributed by atoms with Gasteiger partial charge in [-0.15, -0.1) is 0 Å². The van der Waals surface area contributed by atoms with Crippen LogP contribution in [0.2, 0.25) is 0 Å². The van der Waals surface area contributed by atoms with E-state index in [1.807, 2.05) is 0 Å². The van der Waals surface area contributed by atoms with Crippen molar-refractivity contribution >= 4 is 17.6 Å². The lowest BCUT2D eigenvalue weighted by Crippen LogP contribution is -2.38. The molecule has 1 aromatic heterocycles. The summed E-state index contributed by atoms with van der Waals surface area (Å²) in [6.07, 6.45) is 1.53. The summed E-state index contributed by atoms with van der Waals surface area (Å²) < 4.78 is 10.2. The third-order valence-electron chi connectivity index (χ3n) is 2.80.